The van der Waals surface area contributed by atoms with Crippen molar-refractivity contribution in [3.63, 3.8) is 0 Å². The average molecular weight is 393 g/mol. The number of carbonyl (C=O) groups excluding carboxylic acids is 2. The molecule has 0 aromatic carbocycles. The number of amides is 1. The molecule has 0 radical (unpaired) electrons. The highest BCUT2D eigenvalue weighted by Crippen LogP contribution is 2.24. The lowest BCUT2D eigenvalue weighted by molar-refractivity contribution is 0.0607. The molecule has 0 aliphatic carbocycles. The molecule has 0 atom stereocenters. The highest BCUT2D eigenvalue weighted by atomic mass is 127. The maximum Gasteiger partial charge on any atom is 0.350 e. The van der Waals surface area contributed by atoms with Crippen LogP contribution in [0.5, 0.6) is 0 Å². The van der Waals surface area contributed by atoms with Crippen molar-refractivity contribution < 1.29 is 14.3 Å². The molecule has 0 aliphatic heterocycles. The van der Waals surface area contributed by atoms with E-state index in [0.717, 1.165) is 2.88 Å². The summed E-state index contributed by atoms with van der Waals surface area (Å²) in [6.45, 7) is 0. The zero-order valence-corrected chi connectivity index (χ0v) is 13.0. The molecule has 0 saturated heterocycles. The Bertz CT molecular complexity index is 591. The van der Waals surface area contributed by atoms with Gasteiger partial charge in [-0.25, -0.2) is 4.79 Å². The Kier molecular flexibility index (Phi) is 4.36. The van der Waals surface area contributed by atoms with Crippen LogP contribution in [0.25, 0.3) is 0 Å². The van der Waals surface area contributed by atoms with Crippen LogP contribution in [0.1, 0.15) is 20.0 Å². The van der Waals surface area contributed by atoms with Gasteiger partial charge < -0.3 is 10.1 Å². The Labute approximate surface area is 125 Å². The molecule has 2 aromatic rings. The van der Waals surface area contributed by atoms with E-state index in [0.29, 0.717) is 16.1 Å². The zero-order valence-electron chi connectivity index (χ0n) is 9.23. The van der Waals surface area contributed by atoms with Gasteiger partial charge in [0, 0.05) is 5.38 Å². The van der Waals surface area contributed by atoms with Crippen molar-refractivity contribution in [2.24, 2.45) is 0 Å². The van der Waals surface area contributed by atoms with Gasteiger partial charge in [0.15, 0.2) is 0 Å². The van der Waals surface area contributed by atoms with Crippen molar-refractivity contribution in [1.82, 2.24) is 0 Å². The quantitative estimate of drug-likeness (QED) is 0.642. The summed E-state index contributed by atoms with van der Waals surface area (Å²) in [5.74, 6) is -0.669. The van der Waals surface area contributed by atoms with E-state index in [-0.39, 0.29) is 5.91 Å². The maximum absolute atomic E-state index is 11.9. The third kappa shape index (κ3) is 2.90. The van der Waals surface area contributed by atoms with Crippen molar-refractivity contribution in [2.75, 3.05) is 12.4 Å². The van der Waals surface area contributed by atoms with Gasteiger partial charge in [-0.3, -0.25) is 4.79 Å². The third-order valence-corrected chi connectivity index (χ3v) is 4.80. The second-order valence-corrected chi connectivity index (χ2v) is 6.97. The largest absolute Gasteiger partial charge is 0.465 e. The summed E-state index contributed by atoms with van der Waals surface area (Å²) >= 11 is 4.89. The van der Waals surface area contributed by atoms with Crippen LogP contribution in [0.15, 0.2) is 22.9 Å². The molecule has 1 amide bonds. The third-order valence-electron chi connectivity index (χ3n) is 2.11. The predicted molar refractivity (Wildman–Crippen MR) is 80.6 cm³/mol. The number of esters is 1. The lowest BCUT2D eigenvalue weighted by Gasteiger charge is -2.03. The van der Waals surface area contributed by atoms with Gasteiger partial charge in [-0.15, -0.1) is 22.7 Å². The van der Waals surface area contributed by atoms with E-state index in [1.165, 1.54) is 29.8 Å². The fraction of sp³-hybridized carbons (Fsp3) is 0.0909. The first-order valence-corrected chi connectivity index (χ1v) is 7.67. The van der Waals surface area contributed by atoms with Crippen LogP contribution in [0.2, 0.25) is 0 Å². The number of hydrogen-bond acceptors (Lipinski definition) is 5. The fourth-order valence-electron chi connectivity index (χ4n) is 1.28. The molecule has 0 unspecified atom stereocenters. The monoisotopic (exact) mass is 393 g/mol. The van der Waals surface area contributed by atoms with Gasteiger partial charge in [0.1, 0.15) is 4.88 Å². The zero-order chi connectivity index (χ0) is 13.1. The summed E-state index contributed by atoms with van der Waals surface area (Å²) in [7, 11) is 1.31. The molecule has 1 N–H and O–H groups in total. The van der Waals surface area contributed by atoms with Crippen molar-refractivity contribution in [3.05, 3.63) is 36.2 Å². The molecule has 0 spiro atoms. The Morgan fingerprint density at radius 2 is 2.17 bits per heavy atom. The molecular formula is C11H8INO3S2. The molecule has 0 bridgehead atoms. The van der Waals surface area contributed by atoms with Gasteiger partial charge in [0.2, 0.25) is 0 Å². The topological polar surface area (TPSA) is 55.4 Å². The number of rotatable bonds is 3. The first-order chi connectivity index (χ1) is 8.61. The molecule has 2 aromatic heterocycles. The molecule has 4 nitrogen and oxygen atoms in total. The lowest BCUT2D eigenvalue weighted by Crippen LogP contribution is -2.13. The van der Waals surface area contributed by atoms with E-state index in [1.807, 2.05) is 0 Å². The molecular weight excluding hydrogens is 385 g/mol. The second kappa shape index (κ2) is 5.81. The first-order valence-electron chi connectivity index (χ1n) is 4.83. The van der Waals surface area contributed by atoms with Gasteiger partial charge in [-0.05, 0) is 40.1 Å². The minimum absolute atomic E-state index is 0.224. The van der Waals surface area contributed by atoms with E-state index >= 15 is 0 Å². The summed E-state index contributed by atoms with van der Waals surface area (Å²) in [6.07, 6.45) is 0. The summed E-state index contributed by atoms with van der Waals surface area (Å²) in [5, 5.41) is 6.22. The summed E-state index contributed by atoms with van der Waals surface area (Å²) < 4.78 is 5.69. The number of nitrogens with one attached hydrogen (secondary N) is 1. The van der Waals surface area contributed by atoms with E-state index < -0.39 is 5.97 Å². The molecule has 0 fully saturated rings. The van der Waals surface area contributed by atoms with Crippen molar-refractivity contribution in [2.45, 2.75) is 0 Å². The van der Waals surface area contributed by atoms with E-state index in [9.17, 15) is 9.59 Å². The van der Waals surface area contributed by atoms with Gasteiger partial charge >= 0.3 is 5.97 Å². The second-order valence-electron chi connectivity index (χ2n) is 3.25. The average Bonchev–Trinajstić information content (AvgIpc) is 2.97. The molecule has 7 heteroatoms. The predicted octanol–water partition coefficient (Wildman–Crippen LogP) is 3.45. The number of halogens is 1. The Morgan fingerprint density at radius 3 is 2.78 bits per heavy atom. The minimum atomic E-state index is -0.444. The van der Waals surface area contributed by atoms with Crippen LogP contribution in [0.4, 0.5) is 5.69 Å². The smallest absolute Gasteiger partial charge is 0.350 e. The van der Waals surface area contributed by atoms with Crippen molar-refractivity contribution >= 4 is 62.8 Å². The minimum Gasteiger partial charge on any atom is -0.465 e. The van der Waals surface area contributed by atoms with Crippen LogP contribution in [0, 0.1) is 2.88 Å². The molecule has 2 rings (SSSR count). The van der Waals surface area contributed by atoms with E-state index in [4.69, 9.17) is 0 Å². The standard InChI is InChI=1S/C11H8INO3S2/c1-16-11(15)9-7(2-3-17-9)13-10(14)6-4-8(12)18-5-6/h2-5H,1H3,(H,13,14). The first kappa shape index (κ1) is 13.5. The number of carbonyl (C=O) groups is 2. The highest BCUT2D eigenvalue weighted by Gasteiger charge is 2.16. The van der Waals surface area contributed by atoms with Crippen LogP contribution in [-0.4, -0.2) is 19.0 Å². The summed E-state index contributed by atoms with van der Waals surface area (Å²) in [5.41, 5.74) is 1.07. The van der Waals surface area contributed by atoms with E-state index in [1.54, 1.807) is 22.9 Å². The van der Waals surface area contributed by atoms with Crippen LogP contribution in [-0.2, 0) is 4.74 Å². The number of thiophene rings is 2. The molecule has 18 heavy (non-hydrogen) atoms. The van der Waals surface area contributed by atoms with Crippen molar-refractivity contribution in [1.29, 1.82) is 0 Å². The van der Waals surface area contributed by atoms with Gasteiger partial charge in [-0.1, -0.05) is 0 Å². The lowest BCUT2D eigenvalue weighted by atomic mass is 10.3. The molecule has 0 aliphatic rings. The molecule has 0 saturated carbocycles. The summed E-state index contributed by atoms with van der Waals surface area (Å²) in [4.78, 5) is 23.8. The Morgan fingerprint density at radius 1 is 1.39 bits per heavy atom. The highest BCUT2D eigenvalue weighted by molar-refractivity contribution is 14.1. The number of methoxy groups -OCH3 is 1. The van der Waals surface area contributed by atoms with Gasteiger partial charge in [-0.2, -0.15) is 0 Å². The normalized spacial score (nSPS) is 10.1. The SMILES string of the molecule is COC(=O)c1sccc1NC(=O)c1csc(I)c1. The van der Waals surface area contributed by atoms with E-state index in [2.05, 4.69) is 32.6 Å². The van der Waals surface area contributed by atoms with Gasteiger partial charge in [0.05, 0.1) is 21.2 Å². The van der Waals surface area contributed by atoms with Crippen LogP contribution >= 0.6 is 45.3 Å². The Balaban J connectivity index is 2.17. The van der Waals surface area contributed by atoms with Gasteiger partial charge in [0.25, 0.3) is 5.91 Å². The van der Waals surface area contributed by atoms with Crippen LogP contribution < -0.4 is 5.32 Å². The van der Waals surface area contributed by atoms with Crippen molar-refractivity contribution in [3.8, 4) is 0 Å². The summed E-state index contributed by atoms with van der Waals surface area (Å²) in [6, 6.07) is 3.48. The maximum atomic E-state index is 11.9. The van der Waals surface area contributed by atoms with Crippen LogP contribution in [0.3, 0.4) is 0 Å². The number of hydrogen-bond donors (Lipinski definition) is 1. The molecule has 94 valence electrons. The Hall–Kier alpha value is -0.930. The fourth-order valence-corrected chi connectivity index (χ4v) is 3.37. The number of ether oxygens (including phenoxy) is 1. The molecule has 2 heterocycles. The number of anilines is 1.